The van der Waals surface area contributed by atoms with Crippen LogP contribution < -0.4 is 0 Å². The fraction of sp³-hybridized carbons (Fsp3) is 0.781. The highest BCUT2D eigenvalue weighted by molar-refractivity contribution is 7.92. The largest absolute Gasteiger partial charge is 0.413 e. The molecule has 4 bridgehead atoms. The Balaban J connectivity index is 1.51. The molecule has 0 amide bonds. The Kier molecular flexibility index (Phi) is 6.55. The van der Waals surface area contributed by atoms with Gasteiger partial charge in [-0.2, -0.15) is 0 Å². The molecule has 6 rings (SSSR count). The van der Waals surface area contributed by atoms with Gasteiger partial charge in [0, 0.05) is 24.4 Å². The second kappa shape index (κ2) is 8.97. The van der Waals surface area contributed by atoms with Crippen molar-refractivity contribution in [1.82, 2.24) is 0 Å². The molecule has 41 heavy (non-hydrogen) atoms. The summed E-state index contributed by atoms with van der Waals surface area (Å²) in [4.78, 5) is 14.7. The third kappa shape index (κ3) is 3.62. The number of carbonyl (C=O) groups excluding carboxylic acids is 1. The van der Waals surface area contributed by atoms with Gasteiger partial charge in [-0.3, -0.25) is 4.79 Å². The lowest BCUT2D eigenvalue weighted by Crippen LogP contribution is -2.73. The van der Waals surface area contributed by atoms with Crippen molar-refractivity contribution in [3.8, 4) is 0 Å². The summed E-state index contributed by atoms with van der Waals surface area (Å²) in [5.41, 5.74) is -1.89. The van der Waals surface area contributed by atoms with Crippen molar-refractivity contribution in [2.45, 2.75) is 119 Å². The summed E-state index contributed by atoms with van der Waals surface area (Å²) in [7, 11) is -4.39. The van der Waals surface area contributed by atoms with Gasteiger partial charge in [-0.1, -0.05) is 59.7 Å². The fourth-order valence-electron chi connectivity index (χ4n) is 9.49. The van der Waals surface area contributed by atoms with E-state index >= 15 is 0 Å². The van der Waals surface area contributed by atoms with Crippen LogP contribution in [0.3, 0.4) is 0 Å². The number of ketones is 1. The maximum atomic E-state index is 14.5. The van der Waals surface area contributed by atoms with Crippen molar-refractivity contribution in [2.75, 3.05) is 13.7 Å². The number of ether oxygens (including phenoxy) is 3. The lowest BCUT2D eigenvalue weighted by molar-refractivity contribution is -0.340. The number of methoxy groups -OCH3 is 1. The quantitative estimate of drug-likeness (QED) is 0.394. The Labute approximate surface area is 247 Å². The van der Waals surface area contributed by atoms with E-state index in [9.17, 15) is 13.2 Å². The summed E-state index contributed by atoms with van der Waals surface area (Å²) < 4.78 is 56.0. The molecule has 3 saturated heterocycles. The van der Waals surface area contributed by atoms with Crippen molar-refractivity contribution < 1.29 is 31.8 Å². The Morgan fingerprint density at radius 1 is 1.05 bits per heavy atom. The molecule has 9 atom stereocenters. The minimum absolute atomic E-state index is 0.0430. The van der Waals surface area contributed by atoms with Crippen LogP contribution in [0, 0.1) is 28.6 Å². The van der Waals surface area contributed by atoms with Crippen LogP contribution in [0.4, 0.5) is 0 Å². The molecule has 2 saturated carbocycles. The number of sulfone groups is 1. The lowest BCUT2D eigenvalue weighted by Gasteiger charge is -2.62. The molecule has 228 valence electrons. The summed E-state index contributed by atoms with van der Waals surface area (Å²) in [6, 6.07) is 8.37. The Morgan fingerprint density at radius 2 is 1.71 bits per heavy atom. The Bertz CT molecular complexity index is 1340. The molecular weight excluding hydrogens is 556 g/mol. The third-order valence-corrected chi connectivity index (χ3v) is 19.1. The maximum absolute atomic E-state index is 14.5. The zero-order chi connectivity index (χ0) is 30.0. The van der Waals surface area contributed by atoms with Gasteiger partial charge in [-0.15, -0.1) is 0 Å². The second-order valence-electron chi connectivity index (χ2n) is 15.7. The van der Waals surface area contributed by atoms with E-state index in [0.29, 0.717) is 13.0 Å². The van der Waals surface area contributed by atoms with E-state index < -0.39 is 57.6 Å². The molecule has 3 aliphatic heterocycles. The van der Waals surface area contributed by atoms with Gasteiger partial charge in [0.2, 0.25) is 5.79 Å². The van der Waals surface area contributed by atoms with E-state index in [1.54, 1.807) is 37.4 Å². The van der Waals surface area contributed by atoms with Gasteiger partial charge in [0.15, 0.2) is 23.9 Å². The summed E-state index contributed by atoms with van der Waals surface area (Å²) in [6.45, 7) is 18.3. The number of Topliss-reactive ketones (excluding diaryl/α,β-unsaturated/α-hetero) is 1. The number of carbonyl (C=O) groups is 1. The first-order chi connectivity index (χ1) is 18.9. The fourth-order valence-corrected chi connectivity index (χ4v) is 12.7. The molecule has 0 aromatic heterocycles. The van der Waals surface area contributed by atoms with E-state index in [-0.39, 0.29) is 40.1 Å². The zero-order valence-electron chi connectivity index (χ0n) is 26.2. The van der Waals surface area contributed by atoms with Gasteiger partial charge in [-0.25, -0.2) is 8.42 Å². The van der Waals surface area contributed by atoms with Crippen molar-refractivity contribution in [3.63, 3.8) is 0 Å². The first-order valence-corrected chi connectivity index (χ1v) is 19.7. The first kappa shape index (κ1) is 29.9. The molecular formula is C32H48O7SSi. The van der Waals surface area contributed by atoms with E-state index in [1.807, 2.05) is 0 Å². The normalized spacial score (nSPS) is 43.5. The van der Waals surface area contributed by atoms with E-state index in [1.165, 1.54) is 0 Å². The van der Waals surface area contributed by atoms with Crippen LogP contribution in [0.25, 0.3) is 0 Å². The van der Waals surface area contributed by atoms with Crippen molar-refractivity contribution >= 4 is 23.9 Å². The van der Waals surface area contributed by atoms with Crippen LogP contribution in [0.15, 0.2) is 35.2 Å². The molecule has 5 fully saturated rings. The average molecular weight is 605 g/mol. The van der Waals surface area contributed by atoms with E-state index in [4.69, 9.17) is 18.6 Å². The molecule has 0 N–H and O–H groups in total. The zero-order valence-corrected chi connectivity index (χ0v) is 28.0. The molecule has 2 aliphatic carbocycles. The van der Waals surface area contributed by atoms with Gasteiger partial charge in [0.25, 0.3) is 0 Å². The van der Waals surface area contributed by atoms with Crippen LogP contribution in [-0.2, 0) is 33.3 Å². The van der Waals surface area contributed by atoms with Crippen LogP contribution in [0.5, 0.6) is 0 Å². The molecule has 1 unspecified atom stereocenters. The van der Waals surface area contributed by atoms with E-state index in [2.05, 4.69) is 54.6 Å². The van der Waals surface area contributed by atoms with Crippen LogP contribution >= 0.6 is 0 Å². The molecule has 1 aromatic carbocycles. The average Bonchev–Trinajstić information content (AvgIpc) is 3.37. The van der Waals surface area contributed by atoms with Gasteiger partial charge in [0.05, 0.1) is 29.6 Å². The molecule has 7 nitrogen and oxygen atoms in total. The molecule has 1 spiro atoms. The van der Waals surface area contributed by atoms with Crippen LogP contribution in [0.1, 0.15) is 67.2 Å². The standard InChI is InChI=1S/C32H48O7SSi/c1-28(2,3)41(8,9)39-25-16-15-20-19-37-32(36-7)24-17-23(40(34,35)21-13-11-10-12-14-21)27(33)26(29(24,4)5)22-18-30(25,6)31(20,32)38-22/h10-14,20,22-26H,15-19H2,1-9H3/t20-,22-,23?,24-,25+,26+,30-,31+,32-/m1/s1. The predicted molar refractivity (Wildman–Crippen MR) is 159 cm³/mol. The topological polar surface area (TPSA) is 88.1 Å². The highest BCUT2D eigenvalue weighted by Crippen LogP contribution is 2.74. The van der Waals surface area contributed by atoms with Crippen LogP contribution in [0.2, 0.25) is 18.1 Å². The van der Waals surface area contributed by atoms with Crippen molar-refractivity contribution in [1.29, 1.82) is 0 Å². The highest BCUT2D eigenvalue weighted by atomic mass is 32.2. The Morgan fingerprint density at radius 3 is 2.32 bits per heavy atom. The number of hydrogen-bond acceptors (Lipinski definition) is 7. The van der Waals surface area contributed by atoms with Gasteiger partial charge in [-0.05, 0) is 61.4 Å². The predicted octanol–water partition coefficient (Wildman–Crippen LogP) is 5.78. The number of benzene rings is 1. The minimum atomic E-state index is -3.92. The first-order valence-electron chi connectivity index (χ1n) is 15.3. The third-order valence-electron chi connectivity index (χ3n) is 12.5. The summed E-state index contributed by atoms with van der Waals surface area (Å²) in [5, 5.41) is -1.13. The monoisotopic (exact) mass is 604 g/mol. The van der Waals surface area contributed by atoms with Crippen molar-refractivity contribution in [2.24, 2.45) is 28.6 Å². The summed E-state index contributed by atoms with van der Waals surface area (Å²) in [5.74, 6) is -2.32. The summed E-state index contributed by atoms with van der Waals surface area (Å²) in [6.07, 6.45) is 2.03. The van der Waals surface area contributed by atoms with Crippen molar-refractivity contribution in [3.05, 3.63) is 30.3 Å². The molecule has 3 heterocycles. The molecule has 1 aromatic rings. The molecule has 5 aliphatic rings. The summed E-state index contributed by atoms with van der Waals surface area (Å²) >= 11 is 0. The minimum Gasteiger partial charge on any atom is -0.413 e. The lowest BCUT2D eigenvalue weighted by atomic mass is 9.47. The molecule has 9 heteroatoms. The maximum Gasteiger partial charge on any atom is 0.201 e. The van der Waals surface area contributed by atoms with Gasteiger partial charge in [0.1, 0.15) is 10.9 Å². The highest BCUT2D eigenvalue weighted by Gasteiger charge is 2.85. The number of hydrogen-bond donors (Lipinski definition) is 0. The van der Waals surface area contributed by atoms with Gasteiger partial charge < -0.3 is 18.6 Å². The number of fused-ring (bicyclic) bond motifs is 5. The van der Waals surface area contributed by atoms with E-state index in [0.717, 1.165) is 12.8 Å². The SMILES string of the molecule is CO[C@]12OC[C@H]3CC[C@H](O[Si](C)(C)C(C)(C)C)[C@@]4(C)C[C@@H](O[C@]314)[C@H]1C(=O)C(S(=O)(=O)c3ccccc3)C[C@@H]2C1(C)C. The van der Waals surface area contributed by atoms with Gasteiger partial charge >= 0.3 is 0 Å². The smallest absolute Gasteiger partial charge is 0.201 e. The second-order valence-corrected chi connectivity index (χ2v) is 22.6. The Hall–Kier alpha value is -1.10. The number of rotatable bonds is 5. The van der Waals surface area contributed by atoms with Crippen LogP contribution in [-0.4, -0.2) is 65.1 Å². The molecule has 0 radical (unpaired) electrons.